The highest BCUT2D eigenvalue weighted by Gasteiger charge is 2.34. The van der Waals surface area contributed by atoms with E-state index in [2.05, 4.69) is 168 Å². The predicted molar refractivity (Wildman–Crippen MR) is 316 cm³/mol. The molecule has 0 aromatic heterocycles. The summed E-state index contributed by atoms with van der Waals surface area (Å²) in [4.78, 5) is 0. The molecule has 370 valence electrons. The monoisotopic (exact) mass is 916 g/mol. The van der Waals surface area contributed by atoms with Gasteiger partial charge in [-0.3, -0.25) is 0 Å². The molecule has 4 aliphatic carbocycles. The molecule has 0 aliphatic heterocycles. The summed E-state index contributed by atoms with van der Waals surface area (Å²) in [5.41, 5.74) is 36.0. The second-order valence-corrected chi connectivity index (χ2v) is 21.2. The first-order valence-electron chi connectivity index (χ1n) is 24.7. The van der Waals surface area contributed by atoms with Crippen LogP contribution in [0.1, 0.15) is 212 Å². The van der Waals surface area contributed by atoms with Crippen molar-refractivity contribution in [3.8, 4) is 0 Å². The zero-order valence-electron chi connectivity index (χ0n) is 43.7. The minimum absolute atomic E-state index is 0. The molecule has 0 heterocycles. The summed E-state index contributed by atoms with van der Waals surface area (Å²) in [6, 6.07) is 14.2. The quantitative estimate of drug-likeness (QED) is 0.133. The lowest BCUT2D eigenvalue weighted by Gasteiger charge is -2.18. The van der Waals surface area contributed by atoms with Gasteiger partial charge in [-0.15, -0.1) is 0 Å². The topological polar surface area (TPSA) is 0 Å². The highest BCUT2D eigenvalue weighted by atomic mass is 14.4. The van der Waals surface area contributed by atoms with Crippen LogP contribution in [0.5, 0.6) is 0 Å². The van der Waals surface area contributed by atoms with Gasteiger partial charge in [-0.2, -0.15) is 0 Å². The Bertz CT molecular complexity index is 2500. The molecule has 1 fully saturated rings. The molecule has 4 aliphatic rings. The van der Waals surface area contributed by atoms with Crippen molar-refractivity contribution >= 4 is 49.0 Å². The molecule has 0 amide bonds. The van der Waals surface area contributed by atoms with Crippen molar-refractivity contribution in [2.75, 3.05) is 0 Å². The zero-order chi connectivity index (χ0) is 46.8. The first kappa shape index (κ1) is 57.6. The van der Waals surface area contributed by atoms with E-state index in [1.165, 1.54) is 150 Å². The molecule has 0 bridgehead atoms. The summed E-state index contributed by atoms with van der Waals surface area (Å²) < 4.78 is 0. The smallest absolute Gasteiger partial charge is 0 e. The Morgan fingerprint density at radius 3 is 0.662 bits per heavy atom. The predicted octanol–water partition coefficient (Wildman–Crippen LogP) is 21.6. The molecule has 0 spiro atoms. The molecule has 6 aromatic carbocycles. The second kappa shape index (κ2) is 22.4. The van der Waals surface area contributed by atoms with Crippen molar-refractivity contribution in [1.29, 1.82) is 0 Å². The molecule has 0 unspecified atom stereocenters. The minimum Gasteiger partial charge on any atom is -0.0776 e. The number of allylic oxidation sites excluding steroid dienone is 6. The third kappa shape index (κ3) is 10.3. The van der Waals surface area contributed by atoms with E-state index in [0.717, 1.165) is 5.92 Å². The van der Waals surface area contributed by atoms with Gasteiger partial charge in [0.15, 0.2) is 0 Å². The Morgan fingerprint density at radius 1 is 0.309 bits per heavy atom. The van der Waals surface area contributed by atoms with Gasteiger partial charge in [0.25, 0.3) is 0 Å². The van der Waals surface area contributed by atoms with Crippen LogP contribution in [0.25, 0.3) is 49.0 Å². The van der Waals surface area contributed by atoms with E-state index in [9.17, 15) is 0 Å². The van der Waals surface area contributed by atoms with Crippen LogP contribution in [-0.2, 0) is 19.3 Å². The van der Waals surface area contributed by atoms with E-state index in [4.69, 9.17) is 0 Å². The van der Waals surface area contributed by atoms with Crippen molar-refractivity contribution in [3.63, 3.8) is 0 Å². The molecule has 0 saturated heterocycles. The number of fused-ring (bicyclic) bond motifs is 12. The summed E-state index contributed by atoms with van der Waals surface area (Å²) in [6.45, 7) is 42.9. The van der Waals surface area contributed by atoms with Gasteiger partial charge in [-0.25, -0.2) is 0 Å². The molecular weight excluding hydrogens is 817 g/mol. The first-order valence-corrected chi connectivity index (χ1v) is 24.7. The Morgan fingerprint density at radius 2 is 0.500 bits per heavy atom. The standard InChI is InChI=1S/C24H24.C21H24.C12H18.C7H14.4CH4.H2/c1-13-7-19-20(8-14(13)2)22-10-16(4)18(6)12-24(22)23-11-17(5)15(3)9-21(19)23;1-10-7-16-19(13(10)4)17-8-11(2)15(6)21(17)18-9-12(3)14(5)20(16)18;1-7-8(2)10(4)12(6)11(5)9(7)3;1-7-5-3-2-4-6-7;;;;;/h7-12H,1-6H3;7-9H2,1-6H3;1-6H3;7H,2-6H2,1H3;4*1H4;1H/i;;;;;;;;1+1. The number of aryl methyl sites for hydroxylation is 6. The Labute approximate surface area is 420 Å². The van der Waals surface area contributed by atoms with Gasteiger partial charge in [0.2, 0.25) is 0 Å². The number of hydrogen-bond acceptors (Lipinski definition) is 0. The van der Waals surface area contributed by atoms with Crippen LogP contribution in [0.15, 0.2) is 53.1 Å². The number of hydrogen-bond donors (Lipinski definition) is 0. The molecule has 0 N–H and O–H groups in total. The third-order valence-corrected chi connectivity index (χ3v) is 17.2. The van der Waals surface area contributed by atoms with Crippen molar-refractivity contribution in [3.05, 3.63) is 153 Å². The molecule has 1 saturated carbocycles. The van der Waals surface area contributed by atoms with Crippen LogP contribution in [0.4, 0.5) is 0 Å². The summed E-state index contributed by atoms with van der Waals surface area (Å²) in [7, 11) is 0. The molecular formula is C68H98. The van der Waals surface area contributed by atoms with Crippen LogP contribution in [0, 0.1) is 89.0 Å². The normalized spacial score (nSPS) is 14.7. The SMILES string of the molecule is C.C.C.C.CC1=C(C)c2c3c(c4c(c2C1)C(C)=C(C)C4)C(C)=C(C)C3.CC1CCCCC1.Cc1c(C)c(C)c(C)c(C)c1C.Cc1cc2c3cc(C)c(C)cc3c3cc(C)c(C)cc3c2cc1C.[2HH]. The minimum atomic E-state index is 0. The highest BCUT2D eigenvalue weighted by molar-refractivity contribution is 6.26. The Balaban J connectivity index is 0.000000332. The van der Waals surface area contributed by atoms with Gasteiger partial charge in [0.05, 0.1) is 0 Å². The average molecular weight is 917 g/mol. The van der Waals surface area contributed by atoms with E-state index in [-0.39, 0.29) is 31.1 Å². The maximum atomic E-state index is 2.37. The fourth-order valence-electron chi connectivity index (χ4n) is 11.4. The first-order chi connectivity index (χ1) is 30.1. The third-order valence-electron chi connectivity index (χ3n) is 17.2. The maximum absolute atomic E-state index is 2.37. The lowest BCUT2D eigenvalue weighted by molar-refractivity contribution is 0.385. The van der Waals surface area contributed by atoms with E-state index in [1.54, 1.807) is 66.8 Å². The van der Waals surface area contributed by atoms with Crippen LogP contribution in [0.3, 0.4) is 0 Å². The van der Waals surface area contributed by atoms with Gasteiger partial charge in [0.1, 0.15) is 0 Å². The molecule has 0 atom stereocenters. The van der Waals surface area contributed by atoms with E-state index < -0.39 is 0 Å². The summed E-state index contributed by atoms with van der Waals surface area (Å²) in [5, 5.41) is 8.29. The molecule has 10 rings (SSSR count). The molecule has 0 heteroatoms. The van der Waals surface area contributed by atoms with Gasteiger partial charge in [-0.1, -0.05) is 122 Å². The van der Waals surface area contributed by atoms with Crippen molar-refractivity contribution < 1.29 is 1.43 Å². The number of rotatable bonds is 0. The van der Waals surface area contributed by atoms with Crippen molar-refractivity contribution in [2.45, 2.75) is 213 Å². The van der Waals surface area contributed by atoms with Crippen LogP contribution in [-0.4, -0.2) is 0 Å². The summed E-state index contributed by atoms with van der Waals surface area (Å²) >= 11 is 0. The van der Waals surface area contributed by atoms with Crippen LogP contribution in [0.2, 0.25) is 0 Å². The van der Waals surface area contributed by atoms with E-state index >= 15 is 0 Å². The Kier molecular flexibility index (Phi) is 19.0. The molecule has 0 radical (unpaired) electrons. The molecule has 68 heavy (non-hydrogen) atoms. The fourth-order valence-corrected chi connectivity index (χ4v) is 11.4. The molecule has 0 nitrogen and oxygen atoms in total. The van der Waals surface area contributed by atoms with Crippen LogP contribution >= 0.6 is 0 Å². The van der Waals surface area contributed by atoms with E-state index in [0.29, 0.717) is 0 Å². The summed E-state index contributed by atoms with van der Waals surface area (Å²) in [6.07, 6.45) is 10.9. The molecule has 6 aromatic rings. The zero-order valence-corrected chi connectivity index (χ0v) is 43.7. The highest BCUT2D eigenvalue weighted by Crippen LogP contribution is 2.51. The van der Waals surface area contributed by atoms with Gasteiger partial charge in [0, 0.05) is 1.43 Å². The lowest BCUT2D eigenvalue weighted by Crippen LogP contribution is -2.03. The van der Waals surface area contributed by atoms with Gasteiger partial charge in [-0.05, 0) is 299 Å². The maximum Gasteiger partial charge on any atom is 0 e. The van der Waals surface area contributed by atoms with Crippen molar-refractivity contribution in [2.24, 2.45) is 5.92 Å². The largest absolute Gasteiger partial charge is 0.0776 e. The van der Waals surface area contributed by atoms with Crippen molar-refractivity contribution in [1.82, 2.24) is 0 Å². The second-order valence-electron chi connectivity index (χ2n) is 21.2. The fraction of sp³-hybridized carbons (Fsp3) is 0.471. The van der Waals surface area contributed by atoms with Crippen LogP contribution < -0.4 is 0 Å². The van der Waals surface area contributed by atoms with E-state index in [1.807, 2.05) is 0 Å². The summed E-state index contributed by atoms with van der Waals surface area (Å²) in [5.74, 6) is 1.04. The Hall–Kier alpha value is -4.68. The average Bonchev–Trinajstić information content (AvgIpc) is 3.85. The van der Waals surface area contributed by atoms with Gasteiger partial charge >= 0.3 is 0 Å². The number of benzene rings is 6. The lowest BCUT2D eigenvalue weighted by atomic mass is 9.85. The van der Waals surface area contributed by atoms with Gasteiger partial charge < -0.3 is 0 Å².